The van der Waals surface area contributed by atoms with Crippen molar-refractivity contribution in [3.05, 3.63) is 46.7 Å². The standard InChI is InChI=1S/C13H14BrN3/c1-9(2)10-6-7-15-13(8-10)17-12-5-3-4-11(14)16-12/h3-9H,1-2H3,(H,15,16,17). The van der Waals surface area contributed by atoms with Gasteiger partial charge in [0.1, 0.15) is 16.2 Å². The molecule has 0 bridgehead atoms. The summed E-state index contributed by atoms with van der Waals surface area (Å²) in [6, 6.07) is 9.82. The summed E-state index contributed by atoms with van der Waals surface area (Å²) in [5, 5.41) is 3.19. The molecule has 0 radical (unpaired) electrons. The molecule has 0 saturated carbocycles. The molecule has 2 heterocycles. The molecule has 0 fully saturated rings. The van der Waals surface area contributed by atoms with Gasteiger partial charge in [0, 0.05) is 6.20 Å². The van der Waals surface area contributed by atoms with Gasteiger partial charge in [-0.15, -0.1) is 0 Å². The number of pyridine rings is 2. The molecular weight excluding hydrogens is 278 g/mol. The second-order valence-corrected chi connectivity index (χ2v) is 4.91. The molecule has 2 rings (SSSR count). The minimum absolute atomic E-state index is 0.494. The lowest BCUT2D eigenvalue weighted by molar-refractivity contribution is 0.863. The number of anilines is 2. The van der Waals surface area contributed by atoms with Crippen molar-refractivity contribution in [1.29, 1.82) is 0 Å². The minimum Gasteiger partial charge on any atom is -0.325 e. The highest BCUT2D eigenvalue weighted by molar-refractivity contribution is 9.10. The largest absolute Gasteiger partial charge is 0.325 e. The zero-order valence-corrected chi connectivity index (χ0v) is 11.4. The van der Waals surface area contributed by atoms with E-state index in [-0.39, 0.29) is 0 Å². The van der Waals surface area contributed by atoms with Gasteiger partial charge in [0.05, 0.1) is 0 Å². The predicted molar refractivity (Wildman–Crippen MR) is 73.5 cm³/mol. The molecular formula is C13H14BrN3. The van der Waals surface area contributed by atoms with Crippen LogP contribution in [0, 0.1) is 0 Å². The summed E-state index contributed by atoms with van der Waals surface area (Å²) >= 11 is 3.34. The molecule has 0 aliphatic heterocycles. The van der Waals surface area contributed by atoms with Crippen LogP contribution < -0.4 is 5.32 Å². The number of nitrogens with one attached hydrogen (secondary N) is 1. The van der Waals surface area contributed by atoms with Crippen molar-refractivity contribution in [2.75, 3.05) is 5.32 Å². The van der Waals surface area contributed by atoms with Crippen LogP contribution in [0.4, 0.5) is 11.6 Å². The second kappa shape index (κ2) is 5.27. The molecule has 0 amide bonds. The number of nitrogens with zero attached hydrogens (tertiary/aromatic N) is 2. The first-order chi connectivity index (χ1) is 8.15. The third-order valence-corrected chi connectivity index (χ3v) is 2.86. The Hall–Kier alpha value is -1.42. The summed E-state index contributed by atoms with van der Waals surface area (Å²) in [6.07, 6.45) is 1.82. The van der Waals surface area contributed by atoms with Gasteiger partial charge >= 0.3 is 0 Å². The van der Waals surface area contributed by atoms with Crippen LogP contribution in [-0.2, 0) is 0 Å². The Morgan fingerprint density at radius 1 is 1.18 bits per heavy atom. The van der Waals surface area contributed by atoms with Crippen molar-refractivity contribution in [2.45, 2.75) is 19.8 Å². The van der Waals surface area contributed by atoms with Gasteiger partial charge < -0.3 is 5.32 Å². The molecule has 0 atom stereocenters. The first kappa shape index (κ1) is 12.0. The van der Waals surface area contributed by atoms with Gasteiger partial charge in [-0.1, -0.05) is 19.9 Å². The van der Waals surface area contributed by atoms with Crippen molar-refractivity contribution in [1.82, 2.24) is 9.97 Å². The van der Waals surface area contributed by atoms with Gasteiger partial charge in [-0.2, -0.15) is 0 Å². The molecule has 0 spiro atoms. The number of hydrogen-bond acceptors (Lipinski definition) is 3. The SMILES string of the molecule is CC(C)c1ccnc(Nc2cccc(Br)n2)c1. The van der Waals surface area contributed by atoms with Crippen LogP contribution in [0.1, 0.15) is 25.3 Å². The van der Waals surface area contributed by atoms with Gasteiger partial charge in [-0.05, 0) is 51.7 Å². The lowest BCUT2D eigenvalue weighted by Crippen LogP contribution is -1.97. The molecule has 1 N–H and O–H groups in total. The van der Waals surface area contributed by atoms with Crippen molar-refractivity contribution in [3.63, 3.8) is 0 Å². The van der Waals surface area contributed by atoms with E-state index in [2.05, 4.69) is 45.1 Å². The molecule has 0 saturated heterocycles. The van der Waals surface area contributed by atoms with Crippen LogP contribution in [0.2, 0.25) is 0 Å². The fourth-order valence-corrected chi connectivity index (χ4v) is 1.83. The Bertz CT molecular complexity index is 512. The van der Waals surface area contributed by atoms with Crippen molar-refractivity contribution in [2.24, 2.45) is 0 Å². The normalized spacial score (nSPS) is 10.6. The Labute approximate surface area is 109 Å². The molecule has 2 aromatic heterocycles. The molecule has 88 valence electrons. The van der Waals surface area contributed by atoms with E-state index in [1.165, 1.54) is 5.56 Å². The first-order valence-electron chi connectivity index (χ1n) is 5.50. The molecule has 3 nitrogen and oxygen atoms in total. The van der Waals surface area contributed by atoms with Crippen LogP contribution in [0.25, 0.3) is 0 Å². The number of rotatable bonds is 3. The smallest absolute Gasteiger partial charge is 0.132 e. The lowest BCUT2D eigenvalue weighted by Gasteiger charge is -2.08. The van der Waals surface area contributed by atoms with Crippen molar-refractivity contribution in [3.8, 4) is 0 Å². The maximum absolute atomic E-state index is 4.31. The fraction of sp³-hybridized carbons (Fsp3) is 0.231. The van der Waals surface area contributed by atoms with Gasteiger partial charge in [0.15, 0.2) is 0 Å². The van der Waals surface area contributed by atoms with Crippen LogP contribution >= 0.6 is 15.9 Å². The molecule has 4 heteroatoms. The second-order valence-electron chi connectivity index (χ2n) is 4.10. The molecule has 0 aliphatic rings. The van der Waals surface area contributed by atoms with E-state index in [1.807, 2.05) is 36.5 Å². The van der Waals surface area contributed by atoms with Crippen LogP contribution in [0.3, 0.4) is 0 Å². The van der Waals surface area contributed by atoms with Gasteiger partial charge in [0.25, 0.3) is 0 Å². The molecule has 17 heavy (non-hydrogen) atoms. The summed E-state index contributed by atoms with van der Waals surface area (Å²) in [5.41, 5.74) is 1.26. The molecule has 0 unspecified atom stereocenters. The Morgan fingerprint density at radius 3 is 2.71 bits per heavy atom. The van der Waals surface area contributed by atoms with Crippen molar-refractivity contribution >= 4 is 27.6 Å². The highest BCUT2D eigenvalue weighted by Gasteiger charge is 2.02. The first-order valence-corrected chi connectivity index (χ1v) is 6.30. The maximum Gasteiger partial charge on any atom is 0.132 e. The zero-order chi connectivity index (χ0) is 12.3. The van der Waals surface area contributed by atoms with E-state index in [1.54, 1.807) is 0 Å². The average Bonchev–Trinajstić information content (AvgIpc) is 2.29. The summed E-state index contributed by atoms with van der Waals surface area (Å²) in [6.45, 7) is 4.33. The number of aromatic nitrogens is 2. The molecule has 0 aromatic carbocycles. The summed E-state index contributed by atoms with van der Waals surface area (Å²) in [5.74, 6) is 2.10. The molecule has 0 aliphatic carbocycles. The number of hydrogen-bond donors (Lipinski definition) is 1. The average molecular weight is 292 g/mol. The van der Waals surface area contributed by atoms with E-state index in [0.29, 0.717) is 5.92 Å². The van der Waals surface area contributed by atoms with Crippen LogP contribution in [-0.4, -0.2) is 9.97 Å². The summed E-state index contributed by atoms with van der Waals surface area (Å²) < 4.78 is 0.808. The quantitative estimate of drug-likeness (QED) is 0.865. The fourth-order valence-electron chi connectivity index (χ4n) is 1.48. The van der Waals surface area contributed by atoms with Gasteiger partial charge in [0.2, 0.25) is 0 Å². The molecule has 2 aromatic rings. The third kappa shape index (κ3) is 3.27. The lowest BCUT2D eigenvalue weighted by atomic mass is 10.1. The monoisotopic (exact) mass is 291 g/mol. The Balaban J connectivity index is 2.21. The third-order valence-electron chi connectivity index (χ3n) is 2.42. The number of halogens is 1. The summed E-state index contributed by atoms with van der Waals surface area (Å²) in [4.78, 5) is 8.59. The Morgan fingerprint density at radius 2 is 2.00 bits per heavy atom. The van der Waals surface area contributed by atoms with Gasteiger partial charge in [-0.25, -0.2) is 9.97 Å². The zero-order valence-electron chi connectivity index (χ0n) is 9.81. The van der Waals surface area contributed by atoms with Gasteiger partial charge in [-0.3, -0.25) is 0 Å². The maximum atomic E-state index is 4.31. The van der Waals surface area contributed by atoms with E-state index in [4.69, 9.17) is 0 Å². The van der Waals surface area contributed by atoms with E-state index in [0.717, 1.165) is 16.2 Å². The van der Waals surface area contributed by atoms with E-state index in [9.17, 15) is 0 Å². The Kier molecular flexibility index (Phi) is 3.74. The minimum atomic E-state index is 0.494. The van der Waals surface area contributed by atoms with Crippen LogP contribution in [0.15, 0.2) is 41.1 Å². The van der Waals surface area contributed by atoms with E-state index < -0.39 is 0 Å². The topological polar surface area (TPSA) is 37.8 Å². The van der Waals surface area contributed by atoms with Crippen LogP contribution in [0.5, 0.6) is 0 Å². The highest BCUT2D eigenvalue weighted by Crippen LogP contribution is 2.19. The highest BCUT2D eigenvalue weighted by atomic mass is 79.9. The summed E-state index contributed by atoms with van der Waals surface area (Å²) in [7, 11) is 0. The van der Waals surface area contributed by atoms with E-state index >= 15 is 0 Å². The van der Waals surface area contributed by atoms with Crippen molar-refractivity contribution < 1.29 is 0 Å². The predicted octanol–water partition coefficient (Wildman–Crippen LogP) is 4.11.